The van der Waals surface area contributed by atoms with Crippen LogP contribution < -0.4 is 11.1 Å². The van der Waals surface area contributed by atoms with Crippen LogP contribution in [-0.2, 0) is 4.79 Å². The number of thiazole rings is 1. The largest absolute Gasteiger partial charge is 0.399 e. The third kappa shape index (κ3) is 4.14. The number of nitrogens with zero attached hydrogens (tertiary/aromatic N) is 1. The SMILES string of the molecule is Nc1ccc2nc(SCCC(=O)NC3CCCCC3)sc2c1. The van der Waals surface area contributed by atoms with Crippen molar-refractivity contribution in [2.75, 3.05) is 11.5 Å². The molecule has 0 unspecified atom stereocenters. The number of benzene rings is 1. The van der Waals surface area contributed by atoms with E-state index in [0.717, 1.165) is 38.8 Å². The van der Waals surface area contributed by atoms with Crippen LogP contribution in [0.25, 0.3) is 10.2 Å². The van der Waals surface area contributed by atoms with Crippen LogP contribution in [0.2, 0.25) is 0 Å². The average molecular weight is 335 g/mol. The minimum Gasteiger partial charge on any atom is -0.399 e. The number of aromatic nitrogens is 1. The third-order valence-electron chi connectivity index (χ3n) is 3.92. The van der Waals surface area contributed by atoms with Gasteiger partial charge in [0.25, 0.3) is 0 Å². The molecule has 22 heavy (non-hydrogen) atoms. The summed E-state index contributed by atoms with van der Waals surface area (Å²) in [4.78, 5) is 16.5. The molecule has 1 amide bonds. The Bertz CT molecular complexity index is 650. The Hall–Kier alpha value is -1.27. The van der Waals surface area contributed by atoms with Crippen molar-refractivity contribution in [1.29, 1.82) is 0 Å². The lowest BCUT2D eigenvalue weighted by Crippen LogP contribution is -2.36. The van der Waals surface area contributed by atoms with Gasteiger partial charge in [-0.15, -0.1) is 11.3 Å². The van der Waals surface area contributed by atoms with E-state index in [1.54, 1.807) is 23.1 Å². The first kappa shape index (κ1) is 15.6. The van der Waals surface area contributed by atoms with Gasteiger partial charge in [0.05, 0.1) is 10.2 Å². The van der Waals surface area contributed by atoms with Gasteiger partial charge in [-0.25, -0.2) is 4.98 Å². The lowest BCUT2D eigenvalue weighted by atomic mass is 9.95. The van der Waals surface area contributed by atoms with E-state index < -0.39 is 0 Å². The number of rotatable bonds is 5. The summed E-state index contributed by atoms with van der Waals surface area (Å²) in [5, 5.41) is 3.15. The van der Waals surface area contributed by atoms with Gasteiger partial charge in [0.1, 0.15) is 0 Å². The Balaban J connectivity index is 1.46. The molecule has 118 valence electrons. The van der Waals surface area contributed by atoms with Crippen LogP contribution >= 0.6 is 23.1 Å². The molecule has 1 aromatic heterocycles. The molecule has 6 heteroatoms. The van der Waals surface area contributed by atoms with Crippen molar-refractivity contribution in [3.05, 3.63) is 18.2 Å². The maximum atomic E-state index is 12.0. The van der Waals surface area contributed by atoms with Gasteiger partial charge in [0, 0.05) is 23.9 Å². The number of nitrogens with one attached hydrogen (secondary N) is 1. The van der Waals surface area contributed by atoms with Gasteiger partial charge in [0.15, 0.2) is 4.34 Å². The highest BCUT2D eigenvalue weighted by Crippen LogP contribution is 2.30. The van der Waals surface area contributed by atoms with Crippen LogP contribution in [0.1, 0.15) is 38.5 Å². The molecule has 1 saturated carbocycles. The van der Waals surface area contributed by atoms with Crippen LogP contribution in [0.5, 0.6) is 0 Å². The highest BCUT2D eigenvalue weighted by atomic mass is 32.2. The van der Waals surface area contributed by atoms with Gasteiger partial charge in [-0.3, -0.25) is 4.79 Å². The van der Waals surface area contributed by atoms with Gasteiger partial charge in [-0.05, 0) is 31.0 Å². The first-order valence-electron chi connectivity index (χ1n) is 7.79. The molecular formula is C16H21N3OS2. The lowest BCUT2D eigenvalue weighted by Gasteiger charge is -2.22. The molecule has 2 aromatic rings. The monoisotopic (exact) mass is 335 g/mol. The van der Waals surface area contributed by atoms with E-state index in [-0.39, 0.29) is 5.91 Å². The summed E-state index contributed by atoms with van der Waals surface area (Å²) in [6.07, 6.45) is 6.63. The minimum atomic E-state index is 0.171. The molecule has 0 radical (unpaired) electrons. The molecule has 3 N–H and O–H groups in total. The zero-order valence-electron chi connectivity index (χ0n) is 12.5. The van der Waals surface area contributed by atoms with Crippen LogP contribution in [0.15, 0.2) is 22.5 Å². The first-order valence-corrected chi connectivity index (χ1v) is 9.59. The van der Waals surface area contributed by atoms with Crippen LogP contribution in [-0.4, -0.2) is 22.7 Å². The van der Waals surface area contributed by atoms with Crippen molar-refractivity contribution in [3.63, 3.8) is 0 Å². The molecule has 0 aliphatic heterocycles. The maximum absolute atomic E-state index is 12.0. The molecule has 4 nitrogen and oxygen atoms in total. The van der Waals surface area contributed by atoms with E-state index in [2.05, 4.69) is 10.3 Å². The molecular weight excluding hydrogens is 314 g/mol. The van der Waals surface area contributed by atoms with E-state index in [1.165, 1.54) is 19.3 Å². The number of thioether (sulfide) groups is 1. The van der Waals surface area contributed by atoms with Gasteiger partial charge < -0.3 is 11.1 Å². The Morgan fingerprint density at radius 3 is 3.00 bits per heavy atom. The van der Waals surface area contributed by atoms with Crippen LogP contribution in [0, 0.1) is 0 Å². The molecule has 1 fully saturated rings. The van der Waals surface area contributed by atoms with Crippen molar-refractivity contribution >= 4 is 44.9 Å². The van der Waals surface area contributed by atoms with Gasteiger partial charge in [-0.1, -0.05) is 31.0 Å². The summed E-state index contributed by atoms with van der Waals surface area (Å²) in [5.41, 5.74) is 7.52. The summed E-state index contributed by atoms with van der Waals surface area (Å²) in [6, 6.07) is 6.17. The Morgan fingerprint density at radius 1 is 1.36 bits per heavy atom. The van der Waals surface area contributed by atoms with Crippen molar-refractivity contribution in [2.24, 2.45) is 0 Å². The number of fused-ring (bicyclic) bond motifs is 1. The zero-order valence-corrected chi connectivity index (χ0v) is 14.1. The van der Waals surface area contributed by atoms with Crippen molar-refractivity contribution < 1.29 is 4.79 Å². The average Bonchev–Trinajstić information content (AvgIpc) is 2.90. The van der Waals surface area contributed by atoms with Crippen molar-refractivity contribution in [2.45, 2.75) is 48.9 Å². The van der Waals surface area contributed by atoms with Crippen molar-refractivity contribution in [1.82, 2.24) is 10.3 Å². The Labute approximate surface area is 138 Å². The lowest BCUT2D eigenvalue weighted by molar-refractivity contribution is -0.121. The quantitative estimate of drug-likeness (QED) is 0.644. The van der Waals surface area contributed by atoms with Gasteiger partial charge in [-0.2, -0.15) is 0 Å². The number of amides is 1. The number of nitrogens with two attached hydrogens (primary N) is 1. The molecule has 1 heterocycles. The van der Waals surface area contributed by atoms with Crippen LogP contribution in [0.3, 0.4) is 0 Å². The predicted octanol–water partition coefficient (Wildman–Crippen LogP) is 3.81. The van der Waals surface area contributed by atoms with E-state index in [4.69, 9.17) is 5.73 Å². The summed E-state index contributed by atoms with van der Waals surface area (Å²) in [6.45, 7) is 0. The molecule has 1 aromatic carbocycles. The summed E-state index contributed by atoms with van der Waals surface area (Å²) in [5.74, 6) is 0.943. The zero-order chi connectivity index (χ0) is 15.4. The number of anilines is 1. The molecule has 0 bridgehead atoms. The minimum absolute atomic E-state index is 0.171. The molecule has 0 spiro atoms. The molecule has 3 rings (SSSR count). The summed E-state index contributed by atoms with van der Waals surface area (Å²) in [7, 11) is 0. The number of nitrogen functional groups attached to an aromatic ring is 1. The topological polar surface area (TPSA) is 68.0 Å². The van der Waals surface area contributed by atoms with Crippen molar-refractivity contribution in [3.8, 4) is 0 Å². The number of carbonyl (C=O) groups excluding carboxylic acids is 1. The number of hydrogen-bond acceptors (Lipinski definition) is 5. The second-order valence-corrected chi connectivity index (χ2v) is 8.08. The first-order chi connectivity index (χ1) is 10.7. The van der Waals surface area contributed by atoms with E-state index in [9.17, 15) is 4.79 Å². The molecule has 0 atom stereocenters. The smallest absolute Gasteiger partial charge is 0.221 e. The molecule has 1 aliphatic carbocycles. The summed E-state index contributed by atoms with van der Waals surface area (Å²) >= 11 is 3.29. The fourth-order valence-electron chi connectivity index (χ4n) is 2.76. The van der Waals surface area contributed by atoms with E-state index >= 15 is 0 Å². The number of hydrogen-bond donors (Lipinski definition) is 2. The van der Waals surface area contributed by atoms with Gasteiger partial charge in [0.2, 0.25) is 5.91 Å². The Morgan fingerprint density at radius 2 is 2.18 bits per heavy atom. The summed E-state index contributed by atoms with van der Waals surface area (Å²) < 4.78 is 2.11. The molecule has 0 saturated heterocycles. The number of carbonyl (C=O) groups is 1. The van der Waals surface area contributed by atoms with E-state index in [0.29, 0.717) is 12.5 Å². The second kappa shape index (κ2) is 7.33. The highest BCUT2D eigenvalue weighted by molar-refractivity contribution is 8.01. The van der Waals surface area contributed by atoms with Gasteiger partial charge >= 0.3 is 0 Å². The normalized spacial score (nSPS) is 16.0. The standard InChI is InChI=1S/C16H21N3OS2/c17-11-6-7-13-14(10-11)22-16(19-13)21-9-8-15(20)18-12-4-2-1-3-5-12/h6-7,10,12H,1-5,8-9,17H2,(H,18,20). The Kier molecular flexibility index (Phi) is 5.20. The predicted molar refractivity (Wildman–Crippen MR) is 94.4 cm³/mol. The maximum Gasteiger partial charge on any atom is 0.221 e. The third-order valence-corrected chi connectivity index (χ3v) is 6.08. The fourth-order valence-corrected chi connectivity index (χ4v) is 4.89. The highest BCUT2D eigenvalue weighted by Gasteiger charge is 2.15. The molecule has 1 aliphatic rings. The van der Waals surface area contributed by atoms with Crippen LogP contribution in [0.4, 0.5) is 5.69 Å². The second-order valence-electron chi connectivity index (χ2n) is 5.71. The van der Waals surface area contributed by atoms with E-state index in [1.807, 2.05) is 18.2 Å². The fraction of sp³-hybridized carbons (Fsp3) is 0.500.